The number of aromatic nitrogens is 2. The maximum Gasteiger partial charge on any atom is 0.274 e. The zero-order valence-corrected chi connectivity index (χ0v) is 17.3. The number of amides is 1. The van der Waals surface area contributed by atoms with Crippen LogP contribution in [0.2, 0.25) is 0 Å². The molecule has 0 aliphatic carbocycles. The molecule has 1 N–H and O–H groups in total. The molecular formula is C22H27N3O4. The van der Waals surface area contributed by atoms with Crippen LogP contribution in [0.25, 0.3) is 5.65 Å². The summed E-state index contributed by atoms with van der Waals surface area (Å²) in [5.41, 5.74) is 2.47. The summed E-state index contributed by atoms with van der Waals surface area (Å²) in [6.45, 7) is 9.29. The highest BCUT2D eigenvalue weighted by molar-refractivity contribution is 6.04. The molecule has 3 rings (SSSR count). The summed E-state index contributed by atoms with van der Waals surface area (Å²) in [4.78, 5) is 17.8. The predicted octanol–water partition coefficient (Wildman–Crippen LogP) is 4.35. The SMILES string of the molecule is CCOc1ccc(NC(=O)c2c(CC)nc3c(OCC)cccn23)cc1OCC. The largest absolute Gasteiger partial charge is 0.490 e. The van der Waals surface area contributed by atoms with E-state index in [2.05, 4.69) is 10.3 Å². The van der Waals surface area contributed by atoms with E-state index in [9.17, 15) is 4.79 Å². The number of imidazole rings is 1. The van der Waals surface area contributed by atoms with Crippen LogP contribution in [0.1, 0.15) is 43.9 Å². The number of benzene rings is 1. The Labute approximate surface area is 170 Å². The van der Waals surface area contributed by atoms with Gasteiger partial charge < -0.3 is 19.5 Å². The van der Waals surface area contributed by atoms with Crippen molar-refractivity contribution < 1.29 is 19.0 Å². The van der Waals surface area contributed by atoms with Crippen LogP contribution in [-0.4, -0.2) is 35.1 Å². The number of anilines is 1. The van der Waals surface area contributed by atoms with Crippen LogP contribution in [-0.2, 0) is 6.42 Å². The predicted molar refractivity (Wildman–Crippen MR) is 112 cm³/mol. The summed E-state index contributed by atoms with van der Waals surface area (Å²) in [6.07, 6.45) is 2.45. The van der Waals surface area contributed by atoms with Crippen molar-refractivity contribution in [3.8, 4) is 17.2 Å². The average molecular weight is 397 g/mol. The second-order valence-corrected chi connectivity index (χ2v) is 6.24. The molecule has 7 nitrogen and oxygen atoms in total. The van der Waals surface area contributed by atoms with Crippen molar-refractivity contribution in [2.24, 2.45) is 0 Å². The molecule has 0 atom stereocenters. The van der Waals surface area contributed by atoms with Crippen molar-refractivity contribution in [3.05, 3.63) is 47.9 Å². The second-order valence-electron chi connectivity index (χ2n) is 6.24. The standard InChI is InChI=1S/C22H27N3O4/c1-5-16-20(25-13-9-10-18(28-7-3)21(25)24-16)22(26)23-15-11-12-17(27-6-2)19(14-15)29-8-4/h9-14H,5-8H2,1-4H3,(H,23,26). The lowest BCUT2D eigenvalue weighted by molar-refractivity contribution is 0.102. The van der Waals surface area contributed by atoms with Gasteiger partial charge in [0.05, 0.1) is 25.5 Å². The van der Waals surface area contributed by atoms with Gasteiger partial charge in [0.15, 0.2) is 22.9 Å². The van der Waals surface area contributed by atoms with Crippen LogP contribution in [0.3, 0.4) is 0 Å². The van der Waals surface area contributed by atoms with Gasteiger partial charge in [-0.3, -0.25) is 9.20 Å². The van der Waals surface area contributed by atoms with Crippen molar-refractivity contribution in [1.82, 2.24) is 9.38 Å². The first-order valence-electron chi connectivity index (χ1n) is 9.96. The van der Waals surface area contributed by atoms with Crippen LogP contribution in [0.15, 0.2) is 36.5 Å². The minimum atomic E-state index is -0.241. The van der Waals surface area contributed by atoms with E-state index in [1.165, 1.54) is 0 Å². The first-order valence-corrected chi connectivity index (χ1v) is 9.96. The maximum atomic E-state index is 13.1. The Balaban J connectivity index is 1.96. The molecule has 0 spiro atoms. The monoisotopic (exact) mass is 397 g/mol. The van der Waals surface area contributed by atoms with Gasteiger partial charge in [0, 0.05) is 18.0 Å². The second kappa shape index (κ2) is 9.32. The van der Waals surface area contributed by atoms with E-state index < -0.39 is 0 Å². The van der Waals surface area contributed by atoms with Crippen LogP contribution in [0.4, 0.5) is 5.69 Å². The molecule has 0 aliphatic heterocycles. The van der Waals surface area contributed by atoms with E-state index in [0.717, 1.165) is 0 Å². The third-order valence-corrected chi connectivity index (χ3v) is 4.34. The molecule has 2 heterocycles. The highest BCUT2D eigenvalue weighted by atomic mass is 16.5. The Morgan fingerprint density at radius 1 is 0.966 bits per heavy atom. The molecule has 3 aromatic rings. The molecule has 0 bridgehead atoms. The quantitative estimate of drug-likeness (QED) is 0.581. The molecule has 0 radical (unpaired) electrons. The number of hydrogen-bond acceptors (Lipinski definition) is 5. The number of fused-ring (bicyclic) bond motifs is 1. The highest BCUT2D eigenvalue weighted by Gasteiger charge is 2.21. The molecule has 0 saturated carbocycles. The maximum absolute atomic E-state index is 13.1. The number of nitrogens with zero attached hydrogens (tertiary/aromatic N) is 2. The van der Waals surface area contributed by atoms with E-state index >= 15 is 0 Å². The Kier molecular flexibility index (Phi) is 6.59. The minimum Gasteiger partial charge on any atom is -0.490 e. The Morgan fingerprint density at radius 2 is 1.66 bits per heavy atom. The number of aryl methyl sites for hydroxylation is 1. The van der Waals surface area contributed by atoms with E-state index in [0.29, 0.717) is 66.2 Å². The Hall–Kier alpha value is -3.22. The average Bonchev–Trinajstić information content (AvgIpc) is 3.10. The highest BCUT2D eigenvalue weighted by Crippen LogP contribution is 2.31. The van der Waals surface area contributed by atoms with E-state index in [1.54, 1.807) is 22.6 Å². The lowest BCUT2D eigenvalue weighted by atomic mass is 10.2. The van der Waals surface area contributed by atoms with Gasteiger partial charge in [-0.1, -0.05) is 6.92 Å². The summed E-state index contributed by atoms with van der Waals surface area (Å²) >= 11 is 0. The first kappa shape index (κ1) is 20.5. The lowest BCUT2D eigenvalue weighted by Gasteiger charge is -2.13. The van der Waals surface area contributed by atoms with E-state index in [4.69, 9.17) is 14.2 Å². The fraction of sp³-hybridized carbons (Fsp3) is 0.364. The number of hydrogen-bond donors (Lipinski definition) is 1. The number of carbonyl (C=O) groups is 1. The molecule has 29 heavy (non-hydrogen) atoms. The van der Waals surface area contributed by atoms with Gasteiger partial charge in [0.1, 0.15) is 5.69 Å². The number of ether oxygens (including phenoxy) is 3. The minimum absolute atomic E-state index is 0.241. The normalized spacial score (nSPS) is 10.8. The zero-order valence-electron chi connectivity index (χ0n) is 17.3. The lowest BCUT2D eigenvalue weighted by Crippen LogP contribution is -2.16. The van der Waals surface area contributed by atoms with Crippen LogP contribution in [0, 0.1) is 0 Å². The van der Waals surface area contributed by atoms with Gasteiger partial charge >= 0.3 is 0 Å². The molecule has 0 unspecified atom stereocenters. The van der Waals surface area contributed by atoms with Gasteiger partial charge in [0.25, 0.3) is 5.91 Å². The summed E-state index contributed by atoms with van der Waals surface area (Å²) in [6, 6.07) is 9.07. The number of pyridine rings is 1. The molecule has 7 heteroatoms. The summed E-state index contributed by atoms with van der Waals surface area (Å²) in [5.74, 6) is 1.66. The third-order valence-electron chi connectivity index (χ3n) is 4.34. The third kappa shape index (κ3) is 4.29. The van der Waals surface area contributed by atoms with Gasteiger partial charge in [-0.05, 0) is 51.5 Å². The van der Waals surface area contributed by atoms with Crippen molar-refractivity contribution >= 4 is 17.2 Å². The molecular weight excluding hydrogens is 370 g/mol. The molecule has 0 fully saturated rings. The molecule has 154 valence electrons. The first-order chi connectivity index (χ1) is 14.1. The molecule has 0 aliphatic rings. The van der Waals surface area contributed by atoms with Crippen LogP contribution < -0.4 is 19.5 Å². The van der Waals surface area contributed by atoms with Crippen LogP contribution in [0.5, 0.6) is 17.2 Å². The van der Waals surface area contributed by atoms with Crippen molar-refractivity contribution in [3.63, 3.8) is 0 Å². The van der Waals surface area contributed by atoms with E-state index in [1.807, 2.05) is 46.0 Å². The fourth-order valence-corrected chi connectivity index (χ4v) is 3.16. The molecule has 0 saturated heterocycles. The van der Waals surface area contributed by atoms with Crippen LogP contribution >= 0.6 is 0 Å². The Bertz CT molecular complexity index is 997. The molecule has 2 aromatic heterocycles. The van der Waals surface area contributed by atoms with E-state index in [-0.39, 0.29) is 5.91 Å². The van der Waals surface area contributed by atoms with Crippen molar-refractivity contribution in [2.45, 2.75) is 34.1 Å². The molecule has 1 amide bonds. The van der Waals surface area contributed by atoms with Gasteiger partial charge in [-0.15, -0.1) is 0 Å². The number of rotatable bonds is 9. The van der Waals surface area contributed by atoms with Crippen molar-refractivity contribution in [2.75, 3.05) is 25.1 Å². The summed E-state index contributed by atoms with van der Waals surface area (Å²) < 4.78 is 18.7. The summed E-state index contributed by atoms with van der Waals surface area (Å²) in [7, 11) is 0. The fourth-order valence-electron chi connectivity index (χ4n) is 3.16. The van der Waals surface area contributed by atoms with Gasteiger partial charge in [-0.25, -0.2) is 4.98 Å². The smallest absolute Gasteiger partial charge is 0.274 e. The topological polar surface area (TPSA) is 74.1 Å². The van der Waals surface area contributed by atoms with Gasteiger partial charge in [0.2, 0.25) is 0 Å². The number of carbonyl (C=O) groups excluding carboxylic acids is 1. The number of nitrogens with one attached hydrogen (secondary N) is 1. The zero-order chi connectivity index (χ0) is 20.8. The van der Waals surface area contributed by atoms with Crippen molar-refractivity contribution in [1.29, 1.82) is 0 Å². The van der Waals surface area contributed by atoms with Gasteiger partial charge in [-0.2, -0.15) is 0 Å². The molecule has 1 aromatic carbocycles. The Morgan fingerprint density at radius 3 is 2.34 bits per heavy atom. The summed E-state index contributed by atoms with van der Waals surface area (Å²) in [5, 5.41) is 2.95.